The molecule has 232 valence electrons. The van der Waals surface area contributed by atoms with E-state index in [0.717, 1.165) is 75.0 Å². The molecular weight excluding hydrogens is 568 g/mol. The van der Waals surface area contributed by atoms with E-state index in [0.29, 0.717) is 24.9 Å². The number of ketones is 1. The SMILES string of the molecule is CN[C@H]1CN(C(=O)C2(NC(=O)c3ccc(-c4csc(N5CCN(CCOC)CC5)n4)cc3)CCCCC2)[C@@H]2C(=O)CO[C@H]12. The van der Waals surface area contributed by atoms with Gasteiger partial charge in [0.25, 0.3) is 5.91 Å². The summed E-state index contributed by atoms with van der Waals surface area (Å²) in [6, 6.07) is 6.74. The van der Waals surface area contributed by atoms with Crippen LogP contribution >= 0.6 is 11.3 Å². The number of aromatic nitrogens is 1. The first-order valence-corrected chi connectivity index (χ1v) is 16.3. The Morgan fingerprint density at radius 2 is 1.86 bits per heavy atom. The Kier molecular flexibility index (Phi) is 9.11. The number of nitrogens with zero attached hydrogens (tertiary/aromatic N) is 4. The maximum atomic E-state index is 14.1. The van der Waals surface area contributed by atoms with Crippen LogP contribution in [-0.2, 0) is 19.1 Å². The molecule has 1 aliphatic carbocycles. The van der Waals surface area contributed by atoms with Gasteiger partial charge in [-0.15, -0.1) is 11.3 Å². The molecule has 4 aliphatic rings. The number of piperazine rings is 1. The van der Waals surface area contributed by atoms with Gasteiger partial charge in [-0.05, 0) is 32.0 Å². The van der Waals surface area contributed by atoms with Gasteiger partial charge in [0.2, 0.25) is 5.91 Å². The lowest BCUT2D eigenvalue weighted by Crippen LogP contribution is -2.62. The topological polar surface area (TPSA) is 116 Å². The molecule has 3 atom stereocenters. The van der Waals surface area contributed by atoms with Crippen LogP contribution in [0.25, 0.3) is 11.3 Å². The first kappa shape index (κ1) is 30.1. The fraction of sp³-hybridized carbons (Fsp3) is 0.613. The first-order chi connectivity index (χ1) is 20.9. The van der Waals surface area contributed by atoms with Crippen molar-refractivity contribution in [2.45, 2.75) is 55.8 Å². The molecule has 6 rings (SSSR count). The molecule has 12 heteroatoms. The quantitative estimate of drug-likeness (QED) is 0.438. The Bertz CT molecular complexity index is 1300. The van der Waals surface area contributed by atoms with Crippen molar-refractivity contribution in [1.82, 2.24) is 25.4 Å². The van der Waals surface area contributed by atoms with Crippen LogP contribution < -0.4 is 15.5 Å². The van der Waals surface area contributed by atoms with E-state index in [4.69, 9.17) is 14.5 Å². The molecule has 2 N–H and O–H groups in total. The van der Waals surface area contributed by atoms with Crippen molar-refractivity contribution in [2.75, 3.05) is 71.5 Å². The van der Waals surface area contributed by atoms with Crippen molar-refractivity contribution in [3.63, 3.8) is 0 Å². The van der Waals surface area contributed by atoms with E-state index in [1.807, 2.05) is 19.2 Å². The minimum Gasteiger partial charge on any atom is -0.383 e. The van der Waals surface area contributed by atoms with Crippen LogP contribution in [0.1, 0.15) is 42.5 Å². The van der Waals surface area contributed by atoms with E-state index < -0.39 is 11.6 Å². The van der Waals surface area contributed by atoms with Gasteiger partial charge in [-0.1, -0.05) is 31.4 Å². The zero-order valence-corrected chi connectivity index (χ0v) is 25.9. The van der Waals surface area contributed by atoms with Crippen molar-refractivity contribution in [1.29, 1.82) is 0 Å². The second kappa shape index (κ2) is 13.0. The molecule has 1 aromatic carbocycles. The fourth-order valence-corrected chi connectivity index (χ4v) is 7.84. The summed E-state index contributed by atoms with van der Waals surface area (Å²) in [5.74, 6) is -0.515. The molecule has 3 saturated heterocycles. The number of likely N-dealkylation sites (tertiary alicyclic amines) is 1. The van der Waals surface area contributed by atoms with Crippen molar-refractivity contribution >= 4 is 34.1 Å². The number of nitrogens with one attached hydrogen (secondary N) is 2. The van der Waals surface area contributed by atoms with E-state index in [9.17, 15) is 14.4 Å². The summed E-state index contributed by atoms with van der Waals surface area (Å²) in [7, 11) is 3.56. The average molecular weight is 611 g/mol. The zero-order valence-electron chi connectivity index (χ0n) is 25.0. The van der Waals surface area contributed by atoms with Gasteiger partial charge in [0.15, 0.2) is 10.9 Å². The van der Waals surface area contributed by atoms with Gasteiger partial charge < -0.3 is 29.9 Å². The number of methoxy groups -OCH3 is 1. The highest BCUT2D eigenvalue weighted by atomic mass is 32.1. The molecule has 0 spiro atoms. The summed E-state index contributed by atoms with van der Waals surface area (Å²) in [4.78, 5) is 51.7. The molecule has 1 saturated carbocycles. The van der Waals surface area contributed by atoms with Crippen molar-refractivity contribution in [2.24, 2.45) is 0 Å². The predicted molar refractivity (Wildman–Crippen MR) is 164 cm³/mol. The molecule has 0 bridgehead atoms. The van der Waals surface area contributed by atoms with E-state index in [-0.39, 0.29) is 36.4 Å². The maximum absolute atomic E-state index is 14.1. The van der Waals surface area contributed by atoms with E-state index in [1.54, 1.807) is 35.5 Å². The van der Waals surface area contributed by atoms with Gasteiger partial charge in [-0.25, -0.2) is 4.98 Å². The average Bonchev–Trinajstić information content (AvgIpc) is 3.78. The number of hydrogen-bond acceptors (Lipinski definition) is 10. The molecule has 3 aliphatic heterocycles. The minimum atomic E-state index is -1.03. The third-order valence-electron chi connectivity index (χ3n) is 9.48. The number of Topliss-reactive ketones (excluding diaryl/α,β-unsaturated/α-hetero) is 1. The monoisotopic (exact) mass is 610 g/mol. The molecule has 4 fully saturated rings. The highest BCUT2D eigenvalue weighted by molar-refractivity contribution is 7.14. The van der Waals surface area contributed by atoms with Gasteiger partial charge in [0, 0.05) is 62.9 Å². The van der Waals surface area contributed by atoms with Crippen LogP contribution in [0.3, 0.4) is 0 Å². The van der Waals surface area contributed by atoms with Crippen LogP contribution in [0, 0.1) is 0 Å². The van der Waals surface area contributed by atoms with E-state index in [2.05, 4.69) is 25.8 Å². The standard InChI is InChI=1S/C31H42N6O5S/c1-32-23-18-37(26-25(38)19-42-27(23)26)29(40)31(10-4-3-5-11-31)34-28(39)22-8-6-21(7-9-22)24-20-43-30(33-24)36-14-12-35(13-15-36)16-17-41-2/h6-9,20,23,26-27,32H,3-5,10-19H2,1-2H3,(H,34,39)/t23-,26+,27+/m0/s1. The van der Waals surface area contributed by atoms with Crippen LogP contribution in [0.2, 0.25) is 0 Å². The van der Waals surface area contributed by atoms with Crippen LogP contribution in [-0.4, -0.2) is 123 Å². The number of thiazole rings is 1. The number of carbonyl (C=O) groups is 3. The van der Waals surface area contributed by atoms with Crippen LogP contribution in [0.5, 0.6) is 0 Å². The Labute approximate surface area is 256 Å². The number of amides is 2. The summed E-state index contributed by atoms with van der Waals surface area (Å²) in [5.41, 5.74) is 1.30. The molecular formula is C31H42N6O5S. The van der Waals surface area contributed by atoms with Gasteiger partial charge in [-0.2, -0.15) is 0 Å². The first-order valence-electron chi connectivity index (χ1n) is 15.4. The lowest BCUT2D eigenvalue weighted by molar-refractivity contribution is -0.143. The zero-order chi connectivity index (χ0) is 30.0. The number of rotatable bonds is 9. The van der Waals surface area contributed by atoms with Crippen molar-refractivity contribution in [3.8, 4) is 11.3 Å². The number of carbonyl (C=O) groups excluding carboxylic acids is 3. The summed E-state index contributed by atoms with van der Waals surface area (Å²) in [6.07, 6.45) is 3.49. The molecule has 11 nitrogen and oxygen atoms in total. The number of benzene rings is 1. The minimum absolute atomic E-state index is 0.0228. The second-order valence-corrected chi connectivity index (χ2v) is 12.9. The van der Waals surface area contributed by atoms with Gasteiger partial charge in [-0.3, -0.25) is 19.3 Å². The normalized spacial score (nSPS) is 25.6. The van der Waals surface area contributed by atoms with E-state index >= 15 is 0 Å². The number of ether oxygens (including phenoxy) is 2. The highest BCUT2D eigenvalue weighted by Gasteiger charge is 2.55. The lowest BCUT2D eigenvalue weighted by Gasteiger charge is -2.40. The highest BCUT2D eigenvalue weighted by Crippen LogP contribution is 2.36. The van der Waals surface area contributed by atoms with Crippen LogP contribution in [0.4, 0.5) is 5.13 Å². The Morgan fingerprint density at radius 1 is 1.12 bits per heavy atom. The molecule has 4 heterocycles. The molecule has 2 amide bonds. The van der Waals surface area contributed by atoms with Crippen molar-refractivity contribution in [3.05, 3.63) is 35.2 Å². The molecule has 43 heavy (non-hydrogen) atoms. The van der Waals surface area contributed by atoms with E-state index in [1.165, 1.54) is 0 Å². The maximum Gasteiger partial charge on any atom is 0.252 e. The second-order valence-electron chi connectivity index (χ2n) is 12.1. The third kappa shape index (κ3) is 6.08. The fourth-order valence-electron chi connectivity index (χ4n) is 6.95. The Hall–Kier alpha value is -2.90. The largest absolute Gasteiger partial charge is 0.383 e. The van der Waals surface area contributed by atoms with Gasteiger partial charge in [0.05, 0.1) is 18.3 Å². The molecule has 0 unspecified atom stereocenters. The summed E-state index contributed by atoms with van der Waals surface area (Å²) in [5, 5.41) is 9.41. The number of fused-ring (bicyclic) bond motifs is 1. The van der Waals surface area contributed by atoms with Crippen molar-refractivity contribution < 1.29 is 23.9 Å². The predicted octanol–water partition coefficient (Wildman–Crippen LogP) is 1.78. The Morgan fingerprint density at radius 3 is 2.56 bits per heavy atom. The molecule has 0 radical (unpaired) electrons. The third-order valence-corrected chi connectivity index (χ3v) is 10.4. The van der Waals surface area contributed by atoms with Crippen LogP contribution in [0.15, 0.2) is 29.6 Å². The number of hydrogen-bond donors (Lipinski definition) is 2. The summed E-state index contributed by atoms with van der Waals surface area (Å²) in [6.45, 7) is 5.97. The molecule has 1 aromatic heterocycles. The molecule has 2 aromatic rings. The summed E-state index contributed by atoms with van der Waals surface area (Å²) >= 11 is 1.64. The summed E-state index contributed by atoms with van der Waals surface area (Å²) < 4.78 is 10.9. The number of likely N-dealkylation sites (N-methyl/N-ethyl adjacent to an activating group) is 1. The Balaban J connectivity index is 1.12. The lowest BCUT2D eigenvalue weighted by atomic mass is 9.80. The smallest absolute Gasteiger partial charge is 0.252 e. The van der Waals surface area contributed by atoms with Gasteiger partial charge >= 0.3 is 0 Å². The van der Waals surface area contributed by atoms with Gasteiger partial charge in [0.1, 0.15) is 24.3 Å². The number of anilines is 1.